The van der Waals surface area contributed by atoms with E-state index in [2.05, 4.69) is 31.2 Å². The number of unbranched alkanes of at least 4 members (excludes halogenated alkanes) is 8. The van der Waals surface area contributed by atoms with E-state index in [1.165, 1.54) is 51.4 Å². The van der Waals surface area contributed by atoms with Gasteiger partial charge in [0.2, 0.25) is 5.91 Å². The van der Waals surface area contributed by atoms with Crippen LogP contribution in [-0.2, 0) is 4.79 Å². The van der Waals surface area contributed by atoms with Gasteiger partial charge in [0.25, 0.3) is 0 Å². The highest BCUT2D eigenvalue weighted by molar-refractivity contribution is 5.76. The van der Waals surface area contributed by atoms with Crippen molar-refractivity contribution in [1.29, 1.82) is 0 Å². The number of carbonyl (C=O) groups excluding carboxylic acids is 1. The third kappa shape index (κ3) is 10.8. The summed E-state index contributed by atoms with van der Waals surface area (Å²) in [5.74, 6) is 0.243. The Kier molecular flexibility index (Phi) is 14.2. The summed E-state index contributed by atoms with van der Waals surface area (Å²) in [7, 11) is 0. The molecule has 0 aliphatic carbocycles. The Morgan fingerprint density at radius 1 is 0.962 bits per heavy atom. The Bertz CT molecular complexity index is 403. The summed E-state index contributed by atoms with van der Waals surface area (Å²) in [5.41, 5.74) is 0. The number of allylic oxidation sites excluding steroid dienone is 4. The lowest BCUT2D eigenvalue weighted by atomic mass is 10.1. The minimum atomic E-state index is 0.0838. The number of hydrogen-bond acceptors (Lipinski definition) is 2. The molecule has 1 heterocycles. The fourth-order valence-electron chi connectivity index (χ4n) is 3.59. The van der Waals surface area contributed by atoms with E-state index in [0.717, 1.165) is 38.6 Å². The minimum Gasteiger partial charge on any atom is -0.394 e. The second kappa shape index (κ2) is 16.1. The minimum absolute atomic E-state index is 0.0838. The number of amides is 1. The van der Waals surface area contributed by atoms with Crippen molar-refractivity contribution < 1.29 is 9.90 Å². The van der Waals surface area contributed by atoms with Gasteiger partial charge in [0, 0.05) is 13.0 Å². The smallest absolute Gasteiger partial charge is 0.222 e. The highest BCUT2D eigenvalue weighted by Gasteiger charge is 2.27. The Morgan fingerprint density at radius 2 is 1.62 bits per heavy atom. The summed E-state index contributed by atoms with van der Waals surface area (Å²) in [4.78, 5) is 14.0. The molecule has 1 amide bonds. The summed E-state index contributed by atoms with van der Waals surface area (Å²) in [6.45, 7) is 3.20. The van der Waals surface area contributed by atoms with Crippen LogP contribution in [0.25, 0.3) is 0 Å². The lowest BCUT2D eigenvalue weighted by Crippen LogP contribution is -2.37. The molecule has 0 radical (unpaired) electrons. The van der Waals surface area contributed by atoms with Crippen molar-refractivity contribution in [3.63, 3.8) is 0 Å². The zero-order valence-corrected chi connectivity index (χ0v) is 17.0. The Labute approximate surface area is 161 Å². The van der Waals surface area contributed by atoms with Gasteiger partial charge in [-0.2, -0.15) is 0 Å². The number of aliphatic hydroxyl groups excluding tert-OH is 1. The maximum atomic E-state index is 12.1. The average Bonchev–Trinajstić information content (AvgIpc) is 3.13. The molecule has 0 spiro atoms. The quantitative estimate of drug-likeness (QED) is 0.296. The van der Waals surface area contributed by atoms with Crippen molar-refractivity contribution >= 4 is 5.91 Å². The van der Waals surface area contributed by atoms with Crippen molar-refractivity contribution in [2.24, 2.45) is 0 Å². The SMILES string of the molecule is CCCCCC=CCC=CCCCCCCCC(=O)N1CCCC1CO. The third-order valence-corrected chi connectivity index (χ3v) is 5.25. The van der Waals surface area contributed by atoms with Crippen LogP contribution in [0.1, 0.15) is 96.8 Å². The highest BCUT2D eigenvalue weighted by atomic mass is 16.3. The van der Waals surface area contributed by atoms with Crippen molar-refractivity contribution in [2.75, 3.05) is 13.2 Å². The van der Waals surface area contributed by atoms with Gasteiger partial charge in [-0.05, 0) is 51.4 Å². The predicted molar refractivity (Wildman–Crippen MR) is 111 cm³/mol. The molecule has 0 bridgehead atoms. The molecule has 0 aromatic carbocycles. The van der Waals surface area contributed by atoms with Crippen LogP contribution < -0.4 is 0 Å². The standard InChI is InChI=1S/C23H41NO2/c1-2-3-4-5-6-7-8-9-10-11-12-13-14-15-16-19-23(26)24-20-17-18-22(24)21-25/h6-7,9-10,22,25H,2-5,8,11-21H2,1H3. The Balaban J connectivity index is 1.88. The van der Waals surface area contributed by atoms with Gasteiger partial charge in [-0.3, -0.25) is 4.79 Å². The fourth-order valence-corrected chi connectivity index (χ4v) is 3.59. The number of rotatable bonds is 15. The van der Waals surface area contributed by atoms with E-state index in [0.29, 0.717) is 6.42 Å². The van der Waals surface area contributed by atoms with Gasteiger partial charge >= 0.3 is 0 Å². The summed E-state index contributed by atoms with van der Waals surface area (Å²) in [6.07, 6.45) is 25.1. The van der Waals surface area contributed by atoms with Gasteiger partial charge in [0.05, 0.1) is 12.6 Å². The van der Waals surface area contributed by atoms with E-state index in [1.807, 2.05) is 4.90 Å². The Hall–Kier alpha value is -1.09. The molecule has 1 aliphatic rings. The van der Waals surface area contributed by atoms with Gasteiger partial charge in [0.1, 0.15) is 0 Å². The fraction of sp³-hybridized carbons (Fsp3) is 0.783. The highest BCUT2D eigenvalue weighted by Crippen LogP contribution is 2.19. The molecule has 1 saturated heterocycles. The van der Waals surface area contributed by atoms with Crippen LogP contribution in [0, 0.1) is 0 Å². The normalized spacial score (nSPS) is 17.8. The van der Waals surface area contributed by atoms with Crippen LogP contribution in [0.15, 0.2) is 24.3 Å². The van der Waals surface area contributed by atoms with Gasteiger partial charge in [-0.15, -0.1) is 0 Å². The number of likely N-dealkylation sites (tertiary alicyclic amines) is 1. The van der Waals surface area contributed by atoms with Crippen molar-refractivity contribution in [3.05, 3.63) is 24.3 Å². The molecule has 1 fully saturated rings. The monoisotopic (exact) mass is 363 g/mol. The number of hydrogen-bond donors (Lipinski definition) is 1. The maximum Gasteiger partial charge on any atom is 0.222 e. The summed E-state index contributed by atoms with van der Waals surface area (Å²) in [6, 6.07) is 0.0838. The molecule has 1 N–H and O–H groups in total. The molecular weight excluding hydrogens is 322 g/mol. The van der Waals surface area contributed by atoms with Crippen LogP contribution in [0.4, 0.5) is 0 Å². The van der Waals surface area contributed by atoms with Gasteiger partial charge in [-0.1, -0.05) is 63.3 Å². The second-order valence-electron chi connectivity index (χ2n) is 7.55. The molecule has 150 valence electrons. The van der Waals surface area contributed by atoms with Gasteiger partial charge in [-0.25, -0.2) is 0 Å². The molecule has 3 heteroatoms. The Morgan fingerprint density at radius 3 is 2.31 bits per heavy atom. The first kappa shape index (κ1) is 23.0. The van der Waals surface area contributed by atoms with E-state index < -0.39 is 0 Å². The van der Waals surface area contributed by atoms with Crippen LogP contribution in [0.3, 0.4) is 0 Å². The van der Waals surface area contributed by atoms with Crippen LogP contribution in [0.5, 0.6) is 0 Å². The van der Waals surface area contributed by atoms with Gasteiger partial charge < -0.3 is 10.0 Å². The van der Waals surface area contributed by atoms with Crippen molar-refractivity contribution in [1.82, 2.24) is 4.90 Å². The van der Waals surface area contributed by atoms with E-state index in [9.17, 15) is 9.90 Å². The second-order valence-corrected chi connectivity index (χ2v) is 7.55. The molecule has 0 saturated carbocycles. The topological polar surface area (TPSA) is 40.5 Å². The van der Waals surface area contributed by atoms with Crippen LogP contribution in [0.2, 0.25) is 0 Å². The molecule has 3 nitrogen and oxygen atoms in total. The van der Waals surface area contributed by atoms with E-state index in [-0.39, 0.29) is 18.6 Å². The molecular formula is C23H41NO2. The van der Waals surface area contributed by atoms with Crippen LogP contribution >= 0.6 is 0 Å². The first-order valence-corrected chi connectivity index (χ1v) is 11.0. The lowest BCUT2D eigenvalue weighted by molar-refractivity contribution is -0.132. The largest absolute Gasteiger partial charge is 0.394 e. The van der Waals surface area contributed by atoms with Crippen molar-refractivity contribution in [3.8, 4) is 0 Å². The zero-order chi connectivity index (χ0) is 18.9. The first-order valence-electron chi connectivity index (χ1n) is 11.0. The summed E-state index contributed by atoms with van der Waals surface area (Å²) >= 11 is 0. The third-order valence-electron chi connectivity index (χ3n) is 5.25. The van der Waals surface area contributed by atoms with E-state index in [4.69, 9.17) is 0 Å². The zero-order valence-electron chi connectivity index (χ0n) is 17.0. The molecule has 0 aromatic rings. The number of nitrogens with zero attached hydrogens (tertiary/aromatic N) is 1. The number of carbonyl (C=O) groups is 1. The maximum absolute atomic E-state index is 12.1. The first-order chi connectivity index (χ1) is 12.8. The molecule has 1 rings (SSSR count). The van der Waals surface area contributed by atoms with Crippen LogP contribution in [-0.4, -0.2) is 35.1 Å². The molecule has 1 atom stereocenters. The van der Waals surface area contributed by atoms with Gasteiger partial charge in [0.15, 0.2) is 0 Å². The molecule has 1 unspecified atom stereocenters. The average molecular weight is 364 g/mol. The summed E-state index contributed by atoms with van der Waals surface area (Å²) in [5, 5.41) is 9.29. The molecule has 0 aromatic heterocycles. The van der Waals surface area contributed by atoms with E-state index in [1.54, 1.807) is 0 Å². The lowest BCUT2D eigenvalue weighted by Gasteiger charge is -2.22. The number of aliphatic hydroxyl groups is 1. The molecule has 1 aliphatic heterocycles. The van der Waals surface area contributed by atoms with E-state index >= 15 is 0 Å². The summed E-state index contributed by atoms with van der Waals surface area (Å²) < 4.78 is 0. The predicted octanol–water partition coefficient (Wildman–Crippen LogP) is 5.78. The molecule has 26 heavy (non-hydrogen) atoms. The van der Waals surface area contributed by atoms with Crippen molar-refractivity contribution in [2.45, 2.75) is 103 Å².